The maximum atomic E-state index is 9.77. The number of hydrogen-bond acceptors (Lipinski definition) is 2. The highest BCUT2D eigenvalue weighted by Crippen LogP contribution is 2.20. The smallest absolute Gasteiger partial charge is 0.126 e. The van der Waals surface area contributed by atoms with Gasteiger partial charge in [0.1, 0.15) is 12.6 Å². The third kappa shape index (κ3) is 6.13. The van der Waals surface area contributed by atoms with Crippen LogP contribution in [0.2, 0.25) is 0 Å². The summed E-state index contributed by atoms with van der Waals surface area (Å²) in [5.41, 5.74) is 0. The molecule has 3 nitrogen and oxygen atoms in total. The summed E-state index contributed by atoms with van der Waals surface area (Å²) in [5, 5.41) is 9.77. The lowest BCUT2D eigenvalue weighted by atomic mass is 9.98. The van der Waals surface area contributed by atoms with Crippen LogP contribution in [0.1, 0.15) is 32.1 Å². The average Bonchev–Trinajstić information content (AvgIpc) is 2.14. The van der Waals surface area contributed by atoms with Gasteiger partial charge in [-0.3, -0.25) is 0 Å². The van der Waals surface area contributed by atoms with Gasteiger partial charge in [0.15, 0.2) is 0 Å². The molecule has 0 amide bonds. The van der Waals surface area contributed by atoms with E-state index in [1.54, 1.807) is 0 Å². The first-order valence-corrected chi connectivity index (χ1v) is 6.07. The summed E-state index contributed by atoms with van der Waals surface area (Å²) in [5.74, 6) is 0. The van der Waals surface area contributed by atoms with Crippen LogP contribution in [-0.4, -0.2) is 56.1 Å². The molecule has 3 heteroatoms. The van der Waals surface area contributed by atoms with Crippen molar-refractivity contribution in [2.45, 2.75) is 44.3 Å². The zero-order chi connectivity index (χ0) is 11.3. The molecule has 1 aliphatic carbocycles. The Morgan fingerprint density at radius 2 is 1.80 bits per heavy atom. The van der Waals surface area contributed by atoms with E-state index in [0.29, 0.717) is 12.7 Å². The van der Waals surface area contributed by atoms with E-state index in [2.05, 4.69) is 21.1 Å². The minimum Gasteiger partial charge on any atom is -0.385 e. The van der Waals surface area contributed by atoms with E-state index in [1.807, 2.05) is 0 Å². The van der Waals surface area contributed by atoms with Crippen molar-refractivity contribution in [2.75, 3.05) is 34.3 Å². The number of hydrogen-bond donors (Lipinski definition) is 1. The van der Waals surface area contributed by atoms with E-state index < -0.39 is 0 Å². The summed E-state index contributed by atoms with van der Waals surface area (Å²) >= 11 is 0. The molecule has 1 atom stereocenters. The molecule has 1 rings (SSSR count). The Morgan fingerprint density at radius 3 is 2.33 bits per heavy atom. The Kier molecular flexibility index (Phi) is 5.03. The van der Waals surface area contributed by atoms with Crippen LogP contribution in [0.15, 0.2) is 0 Å². The first-order chi connectivity index (χ1) is 6.97. The number of rotatable bonds is 5. The van der Waals surface area contributed by atoms with Gasteiger partial charge in [-0.25, -0.2) is 0 Å². The summed E-state index contributed by atoms with van der Waals surface area (Å²) < 4.78 is 6.52. The quantitative estimate of drug-likeness (QED) is 0.704. The van der Waals surface area contributed by atoms with Gasteiger partial charge in [-0.2, -0.15) is 0 Å². The molecule has 1 saturated carbocycles. The number of nitrogens with zero attached hydrogens (tertiary/aromatic N) is 1. The Balaban J connectivity index is 2.12. The largest absolute Gasteiger partial charge is 0.385 e. The van der Waals surface area contributed by atoms with Crippen LogP contribution in [0.25, 0.3) is 0 Å². The van der Waals surface area contributed by atoms with Crippen molar-refractivity contribution in [2.24, 2.45) is 0 Å². The van der Waals surface area contributed by atoms with Crippen molar-refractivity contribution in [1.29, 1.82) is 0 Å². The second-order valence-electron chi connectivity index (χ2n) is 5.72. The van der Waals surface area contributed by atoms with Gasteiger partial charge in [0.2, 0.25) is 0 Å². The molecule has 15 heavy (non-hydrogen) atoms. The summed E-state index contributed by atoms with van der Waals surface area (Å²) in [6, 6.07) is 0. The fourth-order valence-electron chi connectivity index (χ4n) is 2.16. The van der Waals surface area contributed by atoms with Crippen molar-refractivity contribution >= 4 is 0 Å². The van der Waals surface area contributed by atoms with Gasteiger partial charge in [-0.15, -0.1) is 0 Å². The fraction of sp³-hybridized carbons (Fsp3) is 1.00. The van der Waals surface area contributed by atoms with Gasteiger partial charge in [0.25, 0.3) is 0 Å². The third-order valence-electron chi connectivity index (χ3n) is 2.83. The van der Waals surface area contributed by atoms with Crippen LogP contribution in [0.5, 0.6) is 0 Å². The van der Waals surface area contributed by atoms with Crippen molar-refractivity contribution in [1.82, 2.24) is 0 Å². The molecule has 0 unspecified atom stereocenters. The molecule has 90 valence electrons. The third-order valence-corrected chi connectivity index (χ3v) is 2.83. The lowest BCUT2D eigenvalue weighted by Gasteiger charge is -2.28. The highest BCUT2D eigenvalue weighted by Gasteiger charge is 2.19. The molecule has 0 aromatic rings. The standard InChI is InChI=1S/C12H26NO2/c1-13(2,3)9-11(14)10-15-12-7-5-4-6-8-12/h11-12,14H,4-10H2,1-3H3/q+1/t11-/m0/s1. The predicted octanol–water partition coefficient (Wildman–Crippen LogP) is 1.40. The lowest BCUT2D eigenvalue weighted by molar-refractivity contribution is -0.873. The number of likely N-dealkylation sites (N-methyl/N-ethyl adjacent to an activating group) is 1. The first-order valence-electron chi connectivity index (χ1n) is 6.07. The van der Waals surface area contributed by atoms with Crippen LogP contribution in [0, 0.1) is 0 Å². The van der Waals surface area contributed by atoms with Gasteiger partial charge in [0.05, 0.1) is 33.9 Å². The molecule has 0 saturated heterocycles. The lowest BCUT2D eigenvalue weighted by Crippen LogP contribution is -2.43. The normalized spacial score (nSPS) is 21.6. The highest BCUT2D eigenvalue weighted by molar-refractivity contribution is 4.66. The molecule has 0 bridgehead atoms. The summed E-state index contributed by atoms with van der Waals surface area (Å²) in [6.45, 7) is 1.26. The van der Waals surface area contributed by atoms with Crippen molar-refractivity contribution in [3.05, 3.63) is 0 Å². The van der Waals surface area contributed by atoms with Crippen molar-refractivity contribution in [3.8, 4) is 0 Å². The Bertz CT molecular complexity index is 171. The zero-order valence-corrected chi connectivity index (χ0v) is 10.4. The van der Waals surface area contributed by atoms with Gasteiger partial charge >= 0.3 is 0 Å². The van der Waals surface area contributed by atoms with E-state index in [1.165, 1.54) is 32.1 Å². The molecular weight excluding hydrogens is 190 g/mol. The minimum absolute atomic E-state index is 0.327. The zero-order valence-electron chi connectivity index (χ0n) is 10.4. The van der Waals surface area contributed by atoms with E-state index in [0.717, 1.165) is 11.0 Å². The van der Waals surface area contributed by atoms with Crippen LogP contribution < -0.4 is 0 Å². The summed E-state index contributed by atoms with van der Waals surface area (Å²) in [4.78, 5) is 0. The molecule has 1 fully saturated rings. The topological polar surface area (TPSA) is 29.5 Å². The van der Waals surface area contributed by atoms with E-state index >= 15 is 0 Å². The molecule has 1 aliphatic rings. The van der Waals surface area contributed by atoms with Crippen molar-refractivity contribution < 1.29 is 14.3 Å². The first kappa shape index (κ1) is 12.9. The molecular formula is C12H26NO2+. The highest BCUT2D eigenvalue weighted by atomic mass is 16.5. The van der Waals surface area contributed by atoms with Gasteiger partial charge in [-0.05, 0) is 12.8 Å². The molecule has 0 aliphatic heterocycles. The van der Waals surface area contributed by atoms with Gasteiger partial charge in [0, 0.05) is 0 Å². The Morgan fingerprint density at radius 1 is 1.20 bits per heavy atom. The molecule has 0 aromatic carbocycles. The summed E-state index contributed by atoms with van der Waals surface area (Å²) in [6.07, 6.45) is 6.36. The second kappa shape index (κ2) is 5.83. The Labute approximate surface area is 93.6 Å². The monoisotopic (exact) mass is 216 g/mol. The van der Waals surface area contributed by atoms with Crippen LogP contribution in [-0.2, 0) is 4.74 Å². The molecule has 0 radical (unpaired) electrons. The number of aliphatic hydroxyl groups excluding tert-OH is 1. The minimum atomic E-state index is -0.327. The molecule has 0 heterocycles. The Hall–Kier alpha value is -0.120. The maximum absolute atomic E-state index is 9.77. The second-order valence-corrected chi connectivity index (χ2v) is 5.72. The fourth-order valence-corrected chi connectivity index (χ4v) is 2.16. The van der Waals surface area contributed by atoms with E-state index in [4.69, 9.17) is 4.74 Å². The number of quaternary nitrogens is 1. The molecule has 0 aromatic heterocycles. The average molecular weight is 216 g/mol. The number of aliphatic hydroxyl groups is 1. The van der Waals surface area contributed by atoms with E-state index in [-0.39, 0.29) is 6.10 Å². The molecule has 0 spiro atoms. The van der Waals surface area contributed by atoms with Crippen LogP contribution in [0.3, 0.4) is 0 Å². The number of ether oxygens (including phenoxy) is 1. The van der Waals surface area contributed by atoms with Crippen LogP contribution >= 0.6 is 0 Å². The summed E-state index contributed by atoms with van der Waals surface area (Å²) in [7, 11) is 6.26. The molecule has 1 N–H and O–H groups in total. The SMILES string of the molecule is C[N+](C)(C)C[C@H](O)COC1CCCCC1. The van der Waals surface area contributed by atoms with Gasteiger partial charge < -0.3 is 14.3 Å². The van der Waals surface area contributed by atoms with E-state index in [9.17, 15) is 5.11 Å². The maximum Gasteiger partial charge on any atom is 0.126 e. The van der Waals surface area contributed by atoms with Gasteiger partial charge in [-0.1, -0.05) is 19.3 Å². The van der Waals surface area contributed by atoms with Crippen LogP contribution in [0.4, 0.5) is 0 Å². The predicted molar refractivity (Wildman–Crippen MR) is 61.7 cm³/mol. The van der Waals surface area contributed by atoms with Crippen molar-refractivity contribution in [3.63, 3.8) is 0 Å².